The minimum Gasteiger partial charge on any atom is -0.491 e. The van der Waals surface area contributed by atoms with Crippen molar-refractivity contribution in [3.63, 3.8) is 0 Å². The average molecular weight is 338 g/mol. The SMILES string of the molecule is Cc1nc(-c2cccnc2)sc1-c1ccc2c(n1)/C(=N/O)CCO2. The smallest absolute Gasteiger partial charge is 0.147 e. The molecule has 0 fully saturated rings. The van der Waals surface area contributed by atoms with Crippen LogP contribution in [0.1, 0.15) is 17.8 Å². The zero-order chi connectivity index (χ0) is 16.5. The molecule has 6 nitrogen and oxygen atoms in total. The number of oxime groups is 1. The average Bonchev–Trinajstić information content (AvgIpc) is 3.03. The summed E-state index contributed by atoms with van der Waals surface area (Å²) in [5.41, 5.74) is 3.83. The number of ether oxygens (including phenoxy) is 1. The van der Waals surface area contributed by atoms with Gasteiger partial charge >= 0.3 is 0 Å². The normalized spacial score (nSPS) is 15.1. The second-order valence-corrected chi connectivity index (χ2v) is 6.36. The minimum atomic E-state index is 0.498. The molecule has 0 saturated heterocycles. The molecule has 1 aliphatic heterocycles. The van der Waals surface area contributed by atoms with Gasteiger partial charge in [-0.3, -0.25) is 4.98 Å². The molecule has 0 radical (unpaired) electrons. The van der Waals surface area contributed by atoms with Gasteiger partial charge in [0.25, 0.3) is 0 Å². The van der Waals surface area contributed by atoms with Gasteiger partial charge in [-0.05, 0) is 31.2 Å². The molecule has 24 heavy (non-hydrogen) atoms. The maximum Gasteiger partial charge on any atom is 0.147 e. The lowest BCUT2D eigenvalue weighted by atomic mass is 10.1. The highest BCUT2D eigenvalue weighted by Gasteiger charge is 2.21. The molecule has 1 N–H and O–H groups in total. The Balaban J connectivity index is 1.79. The van der Waals surface area contributed by atoms with Gasteiger partial charge < -0.3 is 9.94 Å². The molecule has 120 valence electrons. The molecule has 3 aromatic heterocycles. The summed E-state index contributed by atoms with van der Waals surface area (Å²) in [6.45, 7) is 2.46. The van der Waals surface area contributed by atoms with Crippen LogP contribution in [0.5, 0.6) is 5.75 Å². The monoisotopic (exact) mass is 338 g/mol. The van der Waals surface area contributed by atoms with Crippen molar-refractivity contribution in [1.82, 2.24) is 15.0 Å². The molecule has 0 aliphatic carbocycles. The van der Waals surface area contributed by atoms with E-state index in [0.717, 1.165) is 26.8 Å². The standard InChI is InChI=1S/C17H14N4O2S/c1-10-16(24-17(19-10)11-3-2-7-18-9-11)13-4-5-14-15(20-13)12(21-22)6-8-23-14/h2-5,7,9,22H,6,8H2,1H3/b21-12+. The maximum atomic E-state index is 9.18. The van der Waals surface area contributed by atoms with Crippen LogP contribution in [0.15, 0.2) is 41.8 Å². The minimum absolute atomic E-state index is 0.498. The van der Waals surface area contributed by atoms with Gasteiger partial charge in [0, 0.05) is 24.4 Å². The molecular weight excluding hydrogens is 324 g/mol. The number of rotatable bonds is 2. The predicted octanol–water partition coefficient (Wildman–Crippen LogP) is 3.54. The van der Waals surface area contributed by atoms with Crippen molar-refractivity contribution in [1.29, 1.82) is 0 Å². The Labute approximate surface area is 142 Å². The van der Waals surface area contributed by atoms with E-state index in [1.165, 1.54) is 0 Å². The fourth-order valence-corrected chi connectivity index (χ4v) is 3.64. The van der Waals surface area contributed by atoms with Crippen molar-refractivity contribution in [2.24, 2.45) is 5.16 Å². The third-order valence-corrected chi connectivity index (χ3v) is 5.02. The van der Waals surface area contributed by atoms with Gasteiger partial charge in [-0.15, -0.1) is 11.3 Å². The van der Waals surface area contributed by atoms with E-state index in [-0.39, 0.29) is 0 Å². The first-order valence-corrected chi connectivity index (χ1v) is 8.31. The number of aryl methyl sites for hydroxylation is 1. The molecule has 4 heterocycles. The quantitative estimate of drug-likeness (QED) is 0.571. The molecule has 4 rings (SSSR count). The Hall–Kier alpha value is -2.80. The van der Waals surface area contributed by atoms with Crippen molar-refractivity contribution >= 4 is 17.0 Å². The molecule has 0 spiro atoms. The Morgan fingerprint density at radius 3 is 2.96 bits per heavy atom. The van der Waals surface area contributed by atoms with Crippen LogP contribution < -0.4 is 4.74 Å². The van der Waals surface area contributed by atoms with E-state index >= 15 is 0 Å². The first kappa shape index (κ1) is 14.8. The van der Waals surface area contributed by atoms with E-state index in [1.54, 1.807) is 23.7 Å². The molecule has 0 saturated carbocycles. The molecule has 0 atom stereocenters. The van der Waals surface area contributed by atoms with Gasteiger partial charge in [0.1, 0.15) is 22.2 Å². The van der Waals surface area contributed by atoms with E-state index in [2.05, 4.69) is 20.1 Å². The lowest BCUT2D eigenvalue weighted by Gasteiger charge is -2.17. The van der Waals surface area contributed by atoms with Crippen LogP contribution in [0.2, 0.25) is 0 Å². The van der Waals surface area contributed by atoms with Gasteiger partial charge in [-0.25, -0.2) is 9.97 Å². The first-order valence-electron chi connectivity index (χ1n) is 7.49. The Morgan fingerprint density at radius 2 is 2.17 bits per heavy atom. The molecule has 0 amide bonds. The molecule has 0 bridgehead atoms. The van der Waals surface area contributed by atoms with Gasteiger partial charge in [0.2, 0.25) is 0 Å². The summed E-state index contributed by atoms with van der Waals surface area (Å²) < 4.78 is 5.58. The van der Waals surface area contributed by atoms with Crippen LogP contribution >= 0.6 is 11.3 Å². The van der Waals surface area contributed by atoms with Crippen molar-refractivity contribution in [3.8, 4) is 26.9 Å². The third-order valence-electron chi connectivity index (χ3n) is 3.79. The van der Waals surface area contributed by atoms with Crippen molar-refractivity contribution in [3.05, 3.63) is 48.0 Å². The summed E-state index contributed by atoms with van der Waals surface area (Å²) in [6.07, 6.45) is 4.08. The first-order chi connectivity index (χ1) is 11.8. The van der Waals surface area contributed by atoms with Crippen LogP contribution in [0, 0.1) is 6.92 Å². The number of thiazole rings is 1. The number of pyridine rings is 2. The zero-order valence-corrected chi connectivity index (χ0v) is 13.7. The zero-order valence-electron chi connectivity index (χ0n) is 12.9. The lowest BCUT2D eigenvalue weighted by Crippen LogP contribution is -2.18. The largest absolute Gasteiger partial charge is 0.491 e. The predicted molar refractivity (Wildman–Crippen MR) is 91.7 cm³/mol. The van der Waals surface area contributed by atoms with Crippen molar-refractivity contribution < 1.29 is 9.94 Å². The van der Waals surface area contributed by atoms with Crippen molar-refractivity contribution in [2.45, 2.75) is 13.3 Å². The fourth-order valence-electron chi connectivity index (χ4n) is 2.62. The summed E-state index contributed by atoms with van der Waals surface area (Å²) in [5, 5.41) is 13.4. The van der Waals surface area contributed by atoms with Crippen LogP contribution in [0.4, 0.5) is 0 Å². The second kappa shape index (κ2) is 6.01. The molecule has 0 unspecified atom stereocenters. The van der Waals surface area contributed by atoms with Crippen molar-refractivity contribution in [2.75, 3.05) is 6.61 Å². The van der Waals surface area contributed by atoms with E-state index in [4.69, 9.17) is 4.74 Å². The van der Waals surface area contributed by atoms with Crippen LogP contribution in [0.3, 0.4) is 0 Å². The Kier molecular flexibility index (Phi) is 3.70. The molecule has 1 aliphatic rings. The number of nitrogens with zero attached hydrogens (tertiary/aromatic N) is 4. The summed E-state index contributed by atoms with van der Waals surface area (Å²) in [6, 6.07) is 7.65. The fraction of sp³-hybridized carbons (Fsp3) is 0.176. The Bertz CT molecular complexity index is 922. The Morgan fingerprint density at radius 1 is 1.25 bits per heavy atom. The molecule has 3 aromatic rings. The van der Waals surface area contributed by atoms with E-state index in [0.29, 0.717) is 30.2 Å². The number of fused-ring (bicyclic) bond motifs is 1. The number of aromatic nitrogens is 3. The van der Waals surface area contributed by atoms with E-state index in [9.17, 15) is 5.21 Å². The topological polar surface area (TPSA) is 80.5 Å². The number of hydrogen-bond acceptors (Lipinski definition) is 7. The van der Waals surface area contributed by atoms with Crippen LogP contribution in [-0.4, -0.2) is 32.5 Å². The molecule has 0 aromatic carbocycles. The van der Waals surface area contributed by atoms with Gasteiger partial charge in [0.05, 0.1) is 22.9 Å². The molecular formula is C17H14N4O2S. The van der Waals surface area contributed by atoms with Gasteiger partial charge in [0.15, 0.2) is 0 Å². The maximum absolute atomic E-state index is 9.18. The highest BCUT2D eigenvalue weighted by molar-refractivity contribution is 7.18. The summed E-state index contributed by atoms with van der Waals surface area (Å²) in [7, 11) is 0. The van der Waals surface area contributed by atoms with E-state index in [1.807, 2.05) is 31.2 Å². The van der Waals surface area contributed by atoms with E-state index < -0.39 is 0 Å². The summed E-state index contributed by atoms with van der Waals surface area (Å²) in [5.74, 6) is 0.646. The van der Waals surface area contributed by atoms with Crippen LogP contribution in [0.25, 0.3) is 21.1 Å². The second-order valence-electron chi connectivity index (χ2n) is 5.36. The van der Waals surface area contributed by atoms with Gasteiger partial charge in [-0.1, -0.05) is 5.16 Å². The summed E-state index contributed by atoms with van der Waals surface area (Å²) >= 11 is 1.57. The summed E-state index contributed by atoms with van der Waals surface area (Å²) in [4.78, 5) is 14.4. The number of hydrogen-bond donors (Lipinski definition) is 1. The van der Waals surface area contributed by atoms with Crippen LogP contribution in [-0.2, 0) is 0 Å². The van der Waals surface area contributed by atoms with Gasteiger partial charge in [-0.2, -0.15) is 0 Å². The molecule has 7 heteroatoms. The highest BCUT2D eigenvalue weighted by Crippen LogP contribution is 2.35. The highest BCUT2D eigenvalue weighted by atomic mass is 32.1. The lowest BCUT2D eigenvalue weighted by molar-refractivity contribution is 0.296. The third kappa shape index (κ3) is 2.52.